The lowest BCUT2D eigenvalue weighted by Crippen LogP contribution is -2.36. The lowest BCUT2D eigenvalue weighted by molar-refractivity contribution is -0.122. The van der Waals surface area contributed by atoms with Gasteiger partial charge in [0.05, 0.1) is 24.8 Å². The van der Waals surface area contributed by atoms with Crippen LogP contribution in [0.2, 0.25) is 0 Å². The number of aliphatic hydroxyl groups is 1. The molecule has 3 saturated heterocycles. The molecule has 27 heteroatoms. The molecule has 2 unspecified atom stereocenters. The highest BCUT2D eigenvalue weighted by molar-refractivity contribution is 8.00. The van der Waals surface area contributed by atoms with Gasteiger partial charge in [-0.15, -0.1) is 0 Å². The van der Waals surface area contributed by atoms with Crippen LogP contribution in [0.1, 0.15) is 69.6 Å². The molecule has 4 heterocycles. The molecule has 0 aromatic carbocycles. The number of hydrogen-bond donors (Lipinski definition) is 10. The SMILES string of the molecule is Nc1nc(=O)n([C@H]2C[C@H](O)[C@@H](COP(=O)(O)OP(=O)(O)OP(=O)(O)O)O2)cc1/C=C/CNC(=O)CCCCCNC(=O)CCCC[C@@H]1SC[C@@H]2NC(=O)N[C@@H]21. The molecule has 0 aliphatic carbocycles. The maximum Gasteiger partial charge on any atom is 0.490 e. The molecule has 3 aliphatic heterocycles. The second-order valence-electron chi connectivity index (χ2n) is 12.8. The smallest absolute Gasteiger partial charge is 0.390 e. The van der Waals surface area contributed by atoms with Crippen molar-refractivity contribution >= 4 is 65.0 Å². The number of nitrogens with two attached hydrogens (primary N) is 1. The van der Waals surface area contributed by atoms with Crippen LogP contribution < -0.4 is 32.7 Å². The van der Waals surface area contributed by atoms with Gasteiger partial charge in [0.1, 0.15) is 18.1 Å². The highest BCUT2D eigenvalue weighted by Gasteiger charge is 2.44. The van der Waals surface area contributed by atoms with Crippen LogP contribution in [0.4, 0.5) is 10.6 Å². The van der Waals surface area contributed by atoms with Gasteiger partial charge in [0.25, 0.3) is 0 Å². The van der Waals surface area contributed by atoms with E-state index >= 15 is 0 Å². The zero-order valence-electron chi connectivity index (χ0n) is 29.3. The summed E-state index contributed by atoms with van der Waals surface area (Å²) in [5.41, 5.74) is 5.28. The van der Waals surface area contributed by atoms with E-state index in [2.05, 4.69) is 39.4 Å². The predicted molar refractivity (Wildman–Crippen MR) is 195 cm³/mol. The number of nitrogen functional groups attached to an aromatic ring is 1. The van der Waals surface area contributed by atoms with Gasteiger partial charge in [0, 0.05) is 55.1 Å². The molecule has 0 saturated carbocycles. The van der Waals surface area contributed by atoms with Crippen LogP contribution in [-0.2, 0) is 41.2 Å². The second-order valence-corrected chi connectivity index (χ2v) is 18.5. The van der Waals surface area contributed by atoms with Crippen molar-refractivity contribution < 1.29 is 70.6 Å². The van der Waals surface area contributed by atoms with E-state index in [1.807, 2.05) is 11.8 Å². The lowest BCUT2D eigenvalue weighted by Gasteiger charge is -2.19. The number of aliphatic hydroxyl groups excluding tert-OH is 1. The number of aromatic nitrogens is 2. The monoisotopic (exact) mass is 861 g/mol. The number of unbranched alkanes of at least 4 members (excludes halogenated alkanes) is 3. The van der Waals surface area contributed by atoms with Crippen LogP contribution in [0.25, 0.3) is 6.08 Å². The number of phosphoric acid groups is 3. The fourth-order valence-electron chi connectivity index (χ4n) is 5.96. The standard InChI is InChI=1S/C28H46N7O16P3S/c29-26-17(14-35(28(40)34-26)24-13-19(36)20(49-24)15-48-53(44,45)51-54(46,47)50-52(41,42)43)7-6-12-31-22(37)9-2-1-5-11-30-23(38)10-4-3-8-21-25-18(16-55-21)32-27(39)33-25/h6-7,14,18-21,24-25,36H,1-5,8-13,15-16H2,(H,30,38)(H,31,37)(H,44,45)(H,46,47)(H2,29,34,40)(H2,32,33,39)(H2,41,42,43)/b7-6+/t18-,19-,20+,21-,24+,25-/m0/s1. The van der Waals surface area contributed by atoms with Gasteiger partial charge in [-0.05, 0) is 25.7 Å². The van der Waals surface area contributed by atoms with Gasteiger partial charge in [0.2, 0.25) is 11.8 Å². The first kappa shape index (κ1) is 45.0. The molecule has 55 heavy (non-hydrogen) atoms. The molecule has 4 rings (SSSR count). The van der Waals surface area contributed by atoms with Gasteiger partial charge in [-0.25, -0.2) is 23.3 Å². The molecule has 0 radical (unpaired) electrons. The number of urea groups is 1. The van der Waals surface area contributed by atoms with Gasteiger partial charge < -0.3 is 56.4 Å². The molecule has 0 bridgehead atoms. The zero-order chi connectivity index (χ0) is 40.4. The number of fused-ring (bicyclic) bond motifs is 1. The third kappa shape index (κ3) is 15.0. The number of thioether (sulfide) groups is 1. The Hall–Kier alpha value is -2.69. The van der Waals surface area contributed by atoms with Crippen LogP contribution in [0.5, 0.6) is 0 Å². The van der Waals surface area contributed by atoms with Gasteiger partial charge >= 0.3 is 35.2 Å². The molecular formula is C28H46N7O16P3S. The Morgan fingerprint density at radius 1 is 1.02 bits per heavy atom. The Labute approximate surface area is 319 Å². The number of carbonyl (C=O) groups is 3. The third-order valence-corrected chi connectivity index (χ3v) is 13.9. The van der Waals surface area contributed by atoms with Crippen molar-refractivity contribution in [3.63, 3.8) is 0 Å². The molecule has 3 fully saturated rings. The summed E-state index contributed by atoms with van der Waals surface area (Å²) in [6.45, 7) is -0.277. The number of carbonyl (C=O) groups excluding carboxylic acids is 3. The molecule has 3 aliphatic rings. The summed E-state index contributed by atoms with van der Waals surface area (Å²) in [5, 5.41) is 22.3. The van der Waals surface area contributed by atoms with Crippen LogP contribution in [-0.4, -0.2) is 107 Å². The minimum atomic E-state index is -5.75. The average Bonchev–Trinajstić information content (AvgIpc) is 3.74. The first-order valence-electron chi connectivity index (χ1n) is 17.2. The largest absolute Gasteiger partial charge is 0.490 e. The molecule has 310 valence electrons. The first-order chi connectivity index (χ1) is 25.8. The quantitative estimate of drug-likeness (QED) is 0.0427. The van der Waals surface area contributed by atoms with Gasteiger partial charge in [0.15, 0.2) is 0 Å². The Kier molecular flexibility index (Phi) is 16.5. The first-order valence-corrected chi connectivity index (χ1v) is 22.8. The fraction of sp³-hybridized carbons (Fsp3) is 0.679. The van der Waals surface area contributed by atoms with Crippen molar-refractivity contribution in [3.8, 4) is 0 Å². The van der Waals surface area contributed by atoms with Crippen molar-refractivity contribution in [2.24, 2.45) is 0 Å². The molecule has 4 amide bonds. The second kappa shape index (κ2) is 20.1. The maximum atomic E-state index is 12.6. The Morgan fingerprint density at radius 2 is 1.73 bits per heavy atom. The number of nitrogens with one attached hydrogen (secondary N) is 4. The number of ether oxygens (including phenoxy) is 1. The molecule has 1 aromatic heterocycles. The third-order valence-electron chi connectivity index (χ3n) is 8.54. The zero-order valence-corrected chi connectivity index (χ0v) is 32.8. The number of nitrogens with zero attached hydrogens (tertiary/aromatic N) is 2. The van der Waals surface area contributed by atoms with E-state index in [0.717, 1.165) is 42.4 Å². The summed E-state index contributed by atoms with van der Waals surface area (Å²) in [7, 11) is -16.8. The van der Waals surface area contributed by atoms with E-state index in [0.29, 0.717) is 24.6 Å². The van der Waals surface area contributed by atoms with Crippen molar-refractivity contribution in [2.45, 2.75) is 93.6 Å². The van der Waals surface area contributed by atoms with Crippen LogP contribution in [0.15, 0.2) is 17.1 Å². The van der Waals surface area contributed by atoms with Crippen molar-refractivity contribution in [1.29, 1.82) is 0 Å². The molecule has 23 nitrogen and oxygen atoms in total. The summed E-state index contributed by atoms with van der Waals surface area (Å²) >= 11 is 1.85. The van der Waals surface area contributed by atoms with Crippen molar-refractivity contribution in [2.75, 3.05) is 31.2 Å². The van der Waals surface area contributed by atoms with Gasteiger partial charge in [-0.2, -0.15) is 25.4 Å². The Bertz CT molecular complexity index is 1760. The minimum absolute atomic E-state index is 0.00575. The van der Waals surface area contributed by atoms with Crippen molar-refractivity contribution in [1.82, 2.24) is 30.8 Å². The highest BCUT2D eigenvalue weighted by atomic mass is 32.2. The molecule has 11 N–H and O–H groups in total. The van der Waals surface area contributed by atoms with Crippen LogP contribution in [0, 0.1) is 0 Å². The van der Waals surface area contributed by atoms with Gasteiger partial charge in [-0.1, -0.05) is 25.0 Å². The van der Waals surface area contributed by atoms with Crippen LogP contribution >= 0.6 is 35.2 Å². The van der Waals surface area contributed by atoms with Crippen molar-refractivity contribution in [3.05, 3.63) is 28.3 Å². The lowest BCUT2D eigenvalue weighted by atomic mass is 10.0. The molecular weight excluding hydrogens is 815 g/mol. The summed E-state index contributed by atoms with van der Waals surface area (Å²) in [4.78, 5) is 88.4. The van der Waals surface area contributed by atoms with E-state index < -0.39 is 54.2 Å². The van der Waals surface area contributed by atoms with E-state index in [4.69, 9.17) is 20.3 Å². The van der Waals surface area contributed by atoms with E-state index in [9.17, 15) is 47.8 Å². The van der Waals surface area contributed by atoms with E-state index in [1.165, 1.54) is 12.3 Å². The number of phosphoric ester groups is 1. The normalized spacial score (nSPS) is 25.9. The molecule has 0 spiro atoms. The molecule has 8 atom stereocenters. The van der Waals surface area contributed by atoms with E-state index in [-0.39, 0.29) is 60.7 Å². The Morgan fingerprint density at radius 3 is 2.45 bits per heavy atom. The van der Waals surface area contributed by atoms with E-state index in [1.54, 1.807) is 6.08 Å². The predicted octanol–water partition coefficient (Wildman–Crippen LogP) is 0.349. The number of rotatable bonds is 22. The number of amides is 4. The topological polar surface area (TPSA) is 350 Å². The summed E-state index contributed by atoms with van der Waals surface area (Å²) in [6, 6.07) is 0.251. The fourth-order valence-corrected chi connectivity index (χ4v) is 10.5. The molecule has 1 aromatic rings. The average molecular weight is 862 g/mol. The minimum Gasteiger partial charge on any atom is -0.390 e. The summed E-state index contributed by atoms with van der Waals surface area (Å²) in [5.74, 6) is 0.568. The number of hydrogen-bond acceptors (Lipinski definition) is 15. The Balaban J connectivity index is 1.09. The summed E-state index contributed by atoms with van der Waals surface area (Å²) in [6.07, 6.45) is 5.63. The maximum absolute atomic E-state index is 12.6. The number of anilines is 1. The highest BCUT2D eigenvalue weighted by Crippen LogP contribution is 2.66. The van der Waals surface area contributed by atoms with Gasteiger partial charge in [-0.3, -0.25) is 18.7 Å². The summed E-state index contributed by atoms with van der Waals surface area (Å²) < 4.78 is 52.6. The van der Waals surface area contributed by atoms with Crippen LogP contribution in [0.3, 0.4) is 0 Å².